The molecule has 8 heteroatoms. The van der Waals surface area contributed by atoms with Crippen LogP contribution in [0.3, 0.4) is 0 Å². The van der Waals surface area contributed by atoms with E-state index < -0.39 is 17.7 Å². The van der Waals surface area contributed by atoms with Crippen LogP contribution in [0.15, 0.2) is 12.1 Å². The monoisotopic (exact) mass is 367 g/mol. The van der Waals surface area contributed by atoms with Crippen LogP contribution in [0.4, 0.5) is 4.79 Å². The van der Waals surface area contributed by atoms with Crippen molar-refractivity contribution in [2.75, 3.05) is 6.54 Å². The number of alkyl carbamates (subject to hydrolysis) is 1. The van der Waals surface area contributed by atoms with E-state index in [0.29, 0.717) is 0 Å². The van der Waals surface area contributed by atoms with Gasteiger partial charge in [-0.05, 0) is 26.8 Å². The zero-order valence-corrected chi connectivity index (χ0v) is 14.6. The van der Waals surface area contributed by atoms with E-state index in [9.17, 15) is 9.59 Å². The van der Waals surface area contributed by atoms with Gasteiger partial charge in [0.05, 0.1) is 21.5 Å². The fourth-order valence-electron chi connectivity index (χ4n) is 1.34. The third kappa shape index (κ3) is 6.73. The second-order valence-corrected chi connectivity index (χ2v) is 6.57. The van der Waals surface area contributed by atoms with Gasteiger partial charge in [-0.1, -0.05) is 34.8 Å². The molecule has 0 aliphatic heterocycles. The summed E-state index contributed by atoms with van der Waals surface area (Å²) >= 11 is 17.5. The molecule has 1 aromatic carbocycles. The molecule has 0 heterocycles. The lowest BCUT2D eigenvalue weighted by molar-refractivity contribution is -0.134. The maximum Gasteiger partial charge on any atom is 0.407 e. The molecule has 22 heavy (non-hydrogen) atoms. The number of benzene rings is 1. The van der Waals surface area contributed by atoms with Gasteiger partial charge >= 0.3 is 12.1 Å². The lowest BCUT2D eigenvalue weighted by Crippen LogP contribution is -2.34. The van der Waals surface area contributed by atoms with Crippen molar-refractivity contribution in [3.63, 3.8) is 0 Å². The molecule has 1 amide bonds. The molecular formula is C14H16Cl3NO4. The Balaban J connectivity index is 2.45. The second kappa shape index (κ2) is 7.90. The second-order valence-electron chi connectivity index (χ2n) is 5.35. The Labute approximate surface area is 143 Å². The summed E-state index contributed by atoms with van der Waals surface area (Å²) in [6, 6.07) is 2.73. The molecule has 0 saturated heterocycles. The first-order chi connectivity index (χ1) is 10.1. The molecule has 0 unspecified atom stereocenters. The number of hydrogen-bond acceptors (Lipinski definition) is 4. The maximum atomic E-state index is 11.7. The van der Waals surface area contributed by atoms with Crippen LogP contribution in [0, 0.1) is 0 Å². The van der Waals surface area contributed by atoms with Crippen LogP contribution < -0.4 is 10.1 Å². The Morgan fingerprint density at radius 2 is 1.68 bits per heavy atom. The van der Waals surface area contributed by atoms with E-state index in [0.717, 1.165) is 0 Å². The minimum Gasteiger partial charge on any atom is -0.444 e. The molecule has 122 valence electrons. The number of carbonyl (C=O) groups excluding carboxylic acids is 2. The van der Waals surface area contributed by atoms with Gasteiger partial charge in [0.1, 0.15) is 5.60 Å². The van der Waals surface area contributed by atoms with Crippen LogP contribution in [0.1, 0.15) is 27.2 Å². The molecule has 0 atom stereocenters. The number of halogens is 3. The lowest BCUT2D eigenvalue weighted by atomic mass is 10.2. The Morgan fingerprint density at radius 1 is 1.09 bits per heavy atom. The average Bonchev–Trinajstić information content (AvgIpc) is 2.33. The van der Waals surface area contributed by atoms with Crippen molar-refractivity contribution < 1.29 is 19.1 Å². The third-order valence-electron chi connectivity index (χ3n) is 2.20. The number of ether oxygens (including phenoxy) is 2. The highest BCUT2D eigenvalue weighted by atomic mass is 35.5. The standard InChI is InChI=1S/C14H16Cl3NO4/c1-14(2,3)22-13(20)18-5-4-12(19)21-11-7-9(16)8(15)6-10(11)17/h6-7H,4-5H2,1-3H3,(H,18,20). The molecular weight excluding hydrogens is 353 g/mol. The maximum absolute atomic E-state index is 11.7. The molecule has 0 fully saturated rings. The molecule has 0 aromatic heterocycles. The summed E-state index contributed by atoms with van der Waals surface area (Å²) in [6.07, 6.45) is -0.650. The fraction of sp³-hybridized carbons (Fsp3) is 0.429. The van der Waals surface area contributed by atoms with Gasteiger partial charge in [0.25, 0.3) is 0 Å². The lowest BCUT2D eigenvalue weighted by Gasteiger charge is -2.19. The van der Waals surface area contributed by atoms with Gasteiger partial charge in [-0.25, -0.2) is 4.79 Å². The van der Waals surface area contributed by atoms with Crippen LogP contribution in [0.5, 0.6) is 5.75 Å². The third-order valence-corrected chi connectivity index (χ3v) is 3.21. The van der Waals surface area contributed by atoms with Crippen LogP contribution in [0.25, 0.3) is 0 Å². The van der Waals surface area contributed by atoms with Gasteiger partial charge in [-0.15, -0.1) is 0 Å². The first-order valence-corrected chi connectivity index (χ1v) is 7.54. The number of amides is 1. The van der Waals surface area contributed by atoms with Gasteiger partial charge in [0.2, 0.25) is 0 Å². The predicted molar refractivity (Wildman–Crippen MR) is 86.0 cm³/mol. The molecule has 0 radical (unpaired) electrons. The van der Waals surface area contributed by atoms with Crippen molar-refractivity contribution in [1.29, 1.82) is 0 Å². The normalized spacial score (nSPS) is 11.0. The van der Waals surface area contributed by atoms with Gasteiger partial charge in [-0.3, -0.25) is 4.79 Å². The molecule has 0 spiro atoms. The van der Waals surface area contributed by atoms with E-state index in [-0.39, 0.29) is 33.8 Å². The number of esters is 1. The van der Waals surface area contributed by atoms with Gasteiger partial charge in [0.15, 0.2) is 5.75 Å². The summed E-state index contributed by atoms with van der Waals surface area (Å²) < 4.78 is 10.1. The molecule has 1 rings (SSSR count). The van der Waals surface area contributed by atoms with Gasteiger partial charge < -0.3 is 14.8 Å². The summed E-state index contributed by atoms with van der Waals surface area (Å²) in [5, 5.41) is 3.10. The van der Waals surface area contributed by atoms with E-state index in [1.165, 1.54) is 12.1 Å². The highest BCUT2D eigenvalue weighted by Gasteiger charge is 2.16. The number of nitrogens with one attached hydrogen (secondary N) is 1. The van der Waals surface area contributed by atoms with E-state index in [4.69, 9.17) is 44.3 Å². The van der Waals surface area contributed by atoms with E-state index in [2.05, 4.69) is 5.32 Å². The van der Waals surface area contributed by atoms with E-state index >= 15 is 0 Å². The van der Waals surface area contributed by atoms with Crippen molar-refractivity contribution in [3.8, 4) is 5.75 Å². The quantitative estimate of drug-likeness (QED) is 0.484. The minimum absolute atomic E-state index is 0.0458. The summed E-state index contributed by atoms with van der Waals surface area (Å²) in [6.45, 7) is 5.31. The highest BCUT2D eigenvalue weighted by Crippen LogP contribution is 2.33. The fourth-order valence-corrected chi connectivity index (χ4v) is 1.91. The summed E-state index contributed by atoms with van der Waals surface area (Å²) in [7, 11) is 0. The Morgan fingerprint density at radius 3 is 2.27 bits per heavy atom. The Bertz CT molecular complexity index is 570. The highest BCUT2D eigenvalue weighted by molar-refractivity contribution is 6.43. The van der Waals surface area contributed by atoms with Gasteiger partial charge in [-0.2, -0.15) is 0 Å². The smallest absolute Gasteiger partial charge is 0.407 e. The molecule has 0 aliphatic rings. The van der Waals surface area contributed by atoms with Crippen molar-refractivity contribution >= 4 is 46.9 Å². The van der Waals surface area contributed by atoms with Crippen molar-refractivity contribution in [1.82, 2.24) is 5.32 Å². The van der Waals surface area contributed by atoms with Crippen molar-refractivity contribution in [2.24, 2.45) is 0 Å². The zero-order valence-electron chi connectivity index (χ0n) is 12.3. The summed E-state index contributed by atoms with van der Waals surface area (Å²) in [5.41, 5.74) is -0.599. The van der Waals surface area contributed by atoms with Gasteiger partial charge in [0, 0.05) is 12.6 Å². The Kier molecular flexibility index (Phi) is 6.78. The predicted octanol–water partition coefficient (Wildman–Crippen LogP) is 4.47. The van der Waals surface area contributed by atoms with Crippen molar-refractivity contribution in [3.05, 3.63) is 27.2 Å². The number of hydrogen-bond donors (Lipinski definition) is 1. The van der Waals surface area contributed by atoms with Crippen molar-refractivity contribution in [2.45, 2.75) is 32.8 Å². The summed E-state index contributed by atoms with van der Waals surface area (Å²) in [4.78, 5) is 23.1. The van der Waals surface area contributed by atoms with E-state index in [1.807, 2.05) is 0 Å². The molecule has 5 nitrogen and oxygen atoms in total. The van der Waals surface area contributed by atoms with Crippen LogP contribution >= 0.6 is 34.8 Å². The topological polar surface area (TPSA) is 64.6 Å². The molecule has 1 aromatic rings. The molecule has 0 saturated carbocycles. The van der Waals surface area contributed by atoms with Crippen LogP contribution in [-0.2, 0) is 9.53 Å². The number of carbonyl (C=O) groups is 2. The summed E-state index contributed by atoms with van der Waals surface area (Å²) in [5.74, 6) is -0.463. The minimum atomic E-state index is -0.604. The first kappa shape index (κ1) is 18.9. The zero-order chi connectivity index (χ0) is 16.9. The van der Waals surface area contributed by atoms with Crippen LogP contribution in [0.2, 0.25) is 15.1 Å². The number of rotatable bonds is 4. The molecule has 0 bridgehead atoms. The SMILES string of the molecule is CC(C)(C)OC(=O)NCCC(=O)Oc1cc(Cl)c(Cl)cc1Cl. The molecule has 0 aliphatic carbocycles. The largest absolute Gasteiger partial charge is 0.444 e. The molecule has 1 N–H and O–H groups in total. The van der Waals surface area contributed by atoms with Crippen LogP contribution in [-0.4, -0.2) is 24.2 Å². The first-order valence-electron chi connectivity index (χ1n) is 6.40. The average molecular weight is 369 g/mol. The van der Waals surface area contributed by atoms with E-state index in [1.54, 1.807) is 20.8 Å². The Hall–Kier alpha value is -1.17.